The van der Waals surface area contributed by atoms with Gasteiger partial charge in [0.2, 0.25) is 17.7 Å². The average molecular weight is 646 g/mol. The van der Waals surface area contributed by atoms with Crippen molar-refractivity contribution in [2.45, 2.75) is 49.9 Å². The van der Waals surface area contributed by atoms with Crippen LogP contribution in [0.15, 0.2) is 85.1 Å². The molecule has 1 aromatic heterocycles. The maximum absolute atomic E-state index is 13.6. The van der Waals surface area contributed by atoms with Gasteiger partial charge in [0, 0.05) is 29.9 Å². The highest BCUT2D eigenvalue weighted by Gasteiger charge is 2.31. The molecule has 0 aliphatic heterocycles. The molecule has 0 saturated carbocycles. The number of carbonyl (C=O) groups excluding carboxylic acids is 3. The Morgan fingerprint density at radius 1 is 0.761 bits per heavy atom. The number of carbonyl (C=O) groups is 4. The number of aliphatic carboxylic acids is 1. The number of hydrogen-bond donors (Lipinski definition) is 7. The molecule has 11 nitrogen and oxygen atoms in total. The molecule has 0 saturated heterocycles. The summed E-state index contributed by atoms with van der Waals surface area (Å²) in [6.45, 7) is 0. The minimum atomic E-state index is -1.29. The molecule has 12 heteroatoms. The number of aromatic nitrogens is 1. The number of carboxylic acids is 1. The van der Waals surface area contributed by atoms with E-state index in [4.69, 9.17) is 5.73 Å². The summed E-state index contributed by atoms with van der Waals surface area (Å²) >= 11 is 1.50. The van der Waals surface area contributed by atoms with Gasteiger partial charge in [-0.05, 0) is 59.7 Å². The van der Waals surface area contributed by atoms with E-state index in [0.29, 0.717) is 11.3 Å². The van der Waals surface area contributed by atoms with Gasteiger partial charge in [0.15, 0.2) is 0 Å². The van der Waals surface area contributed by atoms with Crippen molar-refractivity contribution in [3.05, 3.63) is 102 Å². The number of thioether (sulfide) groups is 1. The monoisotopic (exact) mass is 645 g/mol. The van der Waals surface area contributed by atoms with E-state index in [2.05, 4.69) is 20.9 Å². The number of aromatic amines is 1. The van der Waals surface area contributed by atoms with E-state index in [1.807, 2.05) is 42.8 Å². The lowest BCUT2D eigenvalue weighted by molar-refractivity contribution is -0.142. The van der Waals surface area contributed by atoms with Crippen molar-refractivity contribution in [2.24, 2.45) is 5.73 Å². The molecular weight excluding hydrogens is 606 g/mol. The summed E-state index contributed by atoms with van der Waals surface area (Å²) in [6, 6.07) is 18.4. The smallest absolute Gasteiger partial charge is 0.326 e. The van der Waals surface area contributed by atoms with Gasteiger partial charge < -0.3 is 36.9 Å². The van der Waals surface area contributed by atoms with Crippen LogP contribution in [0.25, 0.3) is 10.9 Å². The summed E-state index contributed by atoms with van der Waals surface area (Å²) in [6.07, 6.45) is 4.29. The van der Waals surface area contributed by atoms with Crippen LogP contribution in [0.3, 0.4) is 0 Å². The zero-order valence-electron chi connectivity index (χ0n) is 25.4. The summed E-state index contributed by atoms with van der Waals surface area (Å²) in [5.74, 6) is -2.43. The number of rotatable bonds is 16. The molecule has 3 aromatic carbocycles. The zero-order valence-corrected chi connectivity index (χ0v) is 26.3. The van der Waals surface area contributed by atoms with Gasteiger partial charge in [-0.25, -0.2) is 4.79 Å². The van der Waals surface area contributed by atoms with Crippen LogP contribution in [-0.4, -0.2) is 75.1 Å². The molecule has 4 rings (SSSR count). The summed E-state index contributed by atoms with van der Waals surface area (Å²) in [4.78, 5) is 55.7. The normalized spacial score (nSPS) is 13.7. The van der Waals surface area contributed by atoms with Crippen molar-refractivity contribution in [1.29, 1.82) is 0 Å². The van der Waals surface area contributed by atoms with E-state index in [9.17, 15) is 29.4 Å². The fraction of sp³-hybridized carbons (Fsp3) is 0.294. The van der Waals surface area contributed by atoms with Crippen LogP contribution in [0.4, 0.5) is 0 Å². The third kappa shape index (κ3) is 9.59. The molecule has 0 aliphatic rings. The maximum atomic E-state index is 13.6. The molecule has 0 aliphatic carbocycles. The fourth-order valence-electron chi connectivity index (χ4n) is 5.08. The molecular formula is C34H39N5O6S. The SMILES string of the molecule is CSCCC(NC(=O)C(N)Cc1c[nH]c2ccccc12)C(=O)NC(Cc1ccccc1)C(=O)NC(Cc1ccc(O)cc1)C(=O)O. The zero-order chi connectivity index (χ0) is 33.1. The Labute approximate surface area is 271 Å². The molecule has 4 unspecified atom stereocenters. The maximum Gasteiger partial charge on any atom is 0.326 e. The molecule has 3 amide bonds. The lowest BCUT2D eigenvalue weighted by Gasteiger charge is -2.25. The number of nitrogens with two attached hydrogens (primary N) is 1. The number of amides is 3. The highest BCUT2D eigenvalue weighted by molar-refractivity contribution is 7.98. The van der Waals surface area contributed by atoms with Crippen molar-refractivity contribution < 1.29 is 29.4 Å². The first kappa shape index (κ1) is 34.1. The topological polar surface area (TPSA) is 187 Å². The summed E-state index contributed by atoms with van der Waals surface area (Å²) < 4.78 is 0. The summed E-state index contributed by atoms with van der Waals surface area (Å²) in [7, 11) is 0. The number of phenols is 1. The lowest BCUT2D eigenvalue weighted by atomic mass is 10.0. The first-order chi connectivity index (χ1) is 22.1. The second-order valence-corrected chi connectivity index (χ2v) is 12.0. The molecule has 0 fully saturated rings. The van der Waals surface area contributed by atoms with E-state index >= 15 is 0 Å². The number of H-pyrrole nitrogens is 1. The van der Waals surface area contributed by atoms with Crippen LogP contribution >= 0.6 is 11.8 Å². The van der Waals surface area contributed by atoms with Gasteiger partial charge in [-0.3, -0.25) is 14.4 Å². The highest BCUT2D eigenvalue weighted by atomic mass is 32.2. The number of hydrogen-bond acceptors (Lipinski definition) is 7. The predicted octanol–water partition coefficient (Wildman–Crippen LogP) is 2.52. The van der Waals surface area contributed by atoms with Gasteiger partial charge in [-0.1, -0.05) is 60.7 Å². The first-order valence-electron chi connectivity index (χ1n) is 14.9. The Kier molecular flexibility index (Phi) is 12.2. The van der Waals surface area contributed by atoms with Crippen molar-refractivity contribution in [1.82, 2.24) is 20.9 Å². The molecule has 0 spiro atoms. The number of phenolic OH excluding ortho intramolecular Hbond substituents is 1. The van der Waals surface area contributed by atoms with Crippen molar-refractivity contribution in [2.75, 3.05) is 12.0 Å². The molecule has 4 aromatic rings. The van der Waals surface area contributed by atoms with Crippen LogP contribution in [0.5, 0.6) is 5.75 Å². The van der Waals surface area contributed by atoms with Gasteiger partial charge in [0.1, 0.15) is 23.9 Å². The van der Waals surface area contributed by atoms with Gasteiger partial charge in [-0.15, -0.1) is 0 Å². The van der Waals surface area contributed by atoms with E-state index in [-0.39, 0.29) is 31.4 Å². The number of carboxylic acid groups (broad SMARTS) is 1. The van der Waals surface area contributed by atoms with E-state index in [0.717, 1.165) is 22.0 Å². The van der Waals surface area contributed by atoms with Crippen molar-refractivity contribution in [3.8, 4) is 5.75 Å². The number of aromatic hydroxyl groups is 1. The second kappa shape index (κ2) is 16.5. The van der Waals surface area contributed by atoms with Gasteiger partial charge in [0.25, 0.3) is 0 Å². The van der Waals surface area contributed by atoms with Gasteiger partial charge >= 0.3 is 5.97 Å². The number of nitrogens with one attached hydrogen (secondary N) is 4. The minimum Gasteiger partial charge on any atom is -0.508 e. The number of fused-ring (bicyclic) bond motifs is 1. The molecule has 8 N–H and O–H groups in total. The fourth-order valence-corrected chi connectivity index (χ4v) is 5.56. The largest absolute Gasteiger partial charge is 0.508 e. The van der Waals surface area contributed by atoms with Crippen LogP contribution in [0.2, 0.25) is 0 Å². The Morgan fingerprint density at radius 2 is 1.35 bits per heavy atom. The highest BCUT2D eigenvalue weighted by Crippen LogP contribution is 2.19. The van der Waals surface area contributed by atoms with E-state index < -0.39 is 47.9 Å². The average Bonchev–Trinajstić information content (AvgIpc) is 3.46. The van der Waals surface area contributed by atoms with E-state index in [1.165, 1.54) is 23.9 Å². The standard InChI is InChI=1S/C34H39N5O6S/c1-46-16-15-28(37-31(41)26(35)19-23-20-36-27-10-6-5-9-25(23)27)32(42)38-29(17-21-7-3-2-4-8-21)33(43)39-30(34(44)45)18-22-11-13-24(40)14-12-22/h2-14,20,26,28-30,36,40H,15-19,35H2,1H3,(H,37,41)(H,38,42)(H,39,43)(H,44,45). The summed E-state index contributed by atoms with van der Waals surface area (Å²) in [5, 5.41) is 28.5. The predicted molar refractivity (Wildman–Crippen MR) is 178 cm³/mol. The number of para-hydroxylation sites is 1. The van der Waals surface area contributed by atoms with Gasteiger partial charge in [0.05, 0.1) is 6.04 Å². The molecule has 46 heavy (non-hydrogen) atoms. The van der Waals surface area contributed by atoms with Crippen LogP contribution in [-0.2, 0) is 38.4 Å². The minimum absolute atomic E-state index is 0.0337. The quantitative estimate of drug-likeness (QED) is 0.0969. The molecule has 0 radical (unpaired) electrons. The van der Waals surface area contributed by atoms with Crippen LogP contribution in [0.1, 0.15) is 23.1 Å². The van der Waals surface area contributed by atoms with Crippen LogP contribution in [0, 0.1) is 0 Å². The van der Waals surface area contributed by atoms with Crippen molar-refractivity contribution in [3.63, 3.8) is 0 Å². The molecule has 0 bridgehead atoms. The van der Waals surface area contributed by atoms with E-state index in [1.54, 1.807) is 36.4 Å². The molecule has 242 valence electrons. The first-order valence-corrected chi connectivity index (χ1v) is 16.3. The third-order valence-corrected chi connectivity index (χ3v) is 8.25. The van der Waals surface area contributed by atoms with Crippen molar-refractivity contribution >= 4 is 46.4 Å². The molecule has 1 heterocycles. The Bertz CT molecular complexity index is 1630. The Morgan fingerprint density at radius 3 is 2.04 bits per heavy atom. The Balaban J connectivity index is 1.48. The lowest BCUT2D eigenvalue weighted by Crippen LogP contribution is -2.58. The Hall–Kier alpha value is -4.81. The summed E-state index contributed by atoms with van der Waals surface area (Å²) in [5.41, 5.74) is 9.44. The van der Waals surface area contributed by atoms with Crippen LogP contribution < -0.4 is 21.7 Å². The third-order valence-electron chi connectivity index (χ3n) is 7.60. The van der Waals surface area contributed by atoms with Gasteiger partial charge in [-0.2, -0.15) is 11.8 Å². The number of benzene rings is 3. The molecule has 4 atom stereocenters. The second-order valence-electron chi connectivity index (χ2n) is 11.0.